The molecule has 1 aromatic carbocycles. The fourth-order valence-electron chi connectivity index (χ4n) is 1.46. The normalized spacial score (nSPS) is 12.6. The van der Waals surface area contributed by atoms with Crippen LogP contribution in [-0.2, 0) is 11.2 Å². The van der Waals surface area contributed by atoms with Crippen molar-refractivity contribution in [3.8, 4) is 0 Å². The van der Waals surface area contributed by atoms with E-state index in [1.165, 1.54) is 0 Å². The molecule has 0 amide bonds. The van der Waals surface area contributed by atoms with Gasteiger partial charge < -0.3 is 5.11 Å². The molecule has 82 valence electrons. The summed E-state index contributed by atoms with van der Waals surface area (Å²) in [6.45, 7) is 3.94. The Morgan fingerprint density at radius 2 is 1.93 bits per heavy atom. The molecule has 4 heteroatoms. The third-order valence-electron chi connectivity index (χ3n) is 2.19. The summed E-state index contributed by atoms with van der Waals surface area (Å²) in [5, 5.41) is 8.62. The van der Waals surface area contributed by atoms with Crippen LogP contribution in [0.4, 0.5) is 0 Å². The minimum absolute atomic E-state index is 0.261. The molecule has 0 heterocycles. The topological polar surface area (TPSA) is 37.3 Å². The molecule has 15 heavy (non-hydrogen) atoms. The van der Waals surface area contributed by atoms with Crippen molar-refractivity contribution in [3.63, 3.8) is 0 Å². The van der Waals surface area contributed by atoms with Crippen molar-refractivity contribution in [1.82, 2.24) is 0 Å². The molecular weight excluding hydrogens is 279 g/mol. The van der Waals surface area contributed by atoms with Crippen molar-refractivity contribution in [2.24, 2.45) is 0 Å². The molecule has 0 aliphatic heterocycles. The van der Waals surface area contributed by atoms with Gasteiger partial charge in [0.15, 0.2) is 0 Å². The van der Waals surface area contributed by atoms with Gasteiger partial charge in [-0.3, -0.25) is 4.79 Å². The number of carbonyl (C=O) groups excluding carboxylic acids is 1. The smallest absolute Gasteiger partial charge is 0.250 e. The van der Waals surface area contributed by atoms with E-state index in [0.29, 0.717) is 0 Å². The first-order chi connectivity index (χ1) is 6.91. The molecule has 2 nitrogen and oxygen atoms in total. The molecule has 0 bridgehead atoms. The molecule has 0 spiro atoms. The Hall–Kier alpha value is -0.380. The molecular formula is C11H12BrClO2. The number of carbonyl (C=O) groups is 1. The number of aryl methyl sites for hydroxylation is 2. The predicted octanol–water partition coefficient (Wildman–Crippen LogP) is 2.73. The van der Waals surface area contributed by atoms with E-state index in [4.69, 9.17) is 11.6 Å². The SMILES string of the molecule is Cc1cc(CC(O)C(=O)Cl)cc(C)c1Br. The van der Waals surface area contributed by atoms with Gasteiger partial charge in [0.1, 0.15) is 6.10 Å². The number of hydrogen-bond acceptors (Lipinski definition) is 2. The van der Waals surface area contributed by atoms with Crippen molar-refractivity contribution in [2.45, 2.75) is 26.4 Å². The van der Waals surface area contributed by atoms with Gasteiger partial charge in [0.05, 0.1) is 0 Å². The van der Waals surface area contributed by atoms with Crippen LogP contribution in [0.25, 0.3) is 0 Å². The van der Waals surface area contributed by atoms with E-state index in [1.54, 1.807) is 0 Å². The van der Waals surface area contributed by atoms with Crippen LogP contribution in [0.3, 0.4) is 0 Å². The number of aliphatic hydroxyl groups is 1. The summed E-state index contributed by atoms with van der Waals surface area (Å²) in [5.41, 5.74) is 3.08. The zero-order valence-corrected chi connectivity index (χ0v) is 10.9. The van der Waals surface area contributed by atoms with Crippen LogP contribution < -0.4 is 0 Å². The highest BCUT2D eigenvalue weighted by Gasteiger charge is 2.13. The highest BCUT2D eigenvalue weighted by molar-refractivity contribution is 9.10. The zero-order valence-electron chi connectivity index (χ0n) is 8.55. The lowest BCUT2D eigenvalue weighted by atomic mass is 10.0. The van der Waals surface area contributed by atoms with Crippen LogP contribution in [0, 0.1) is 13.8 Å². The molecule has 1 atom stereocenters. The Labute approximate surface area is 102 Å². The third kappa shape index (κ3) is 3.30. The first kappa shape index (κ1) is 12.7. The summed E-state index contributed by atoms with van der Waals surface area (Å²) in [7, 11) is 0. The first-order valence-electron chi connectivity index (χ1n) is 4.55. The minimum atomic E-state index is -1.12. The van der Waals surface area contributed by atoms with Crippen LogP contribution in [0.1, 0.15) is 16.7 Å². The fourth-order valence-corrected chi connectivity index (χ4v) is 1.76. The quantitative estimate of drug-likeness (QED) is 0.870. The summed E-state index contributed by atoms with van der Waals surface area (Å²) in [6, 6.07) is 3.86. The molecule has 1 aromatic rings. The van der Waals surface area contributed by atoms with Crippen LogP contribution in [0.15, 0.2) is 16.6 Å². The molecule has 0 aliphatic rings. The lowest BCUT2D eigenvalue weighted by Gasteiger charge is -2.09. The molecule has 0 fully saturated rings. The van der Waals surface area contributed by atoms with Gasteiger partial charge in [-0.15, -0.1) is 0 Å². The fraction of sp³-hybridized carbons (Fsp3) is 0.364. The van der Waals surface area contributed by atoms with Gasteiger partial charge in [-0.25, -0.2) is 0 Å². The molecule has 0 aromatic heterocycles. The molecule has 0 radical (unpaired) electrons. The highest BCUT2D eigenvalue weighted by atomic mass is 79.9. The molecule has 0 saturated carbocycles. The van der Waals surface area contributed by atoms with Gasteiger partial charge in [-0.2, -0.15) is 0 Å². The summed E-state index contributed by atoms with van der Waals surface area (Å²) in [5.74, 6) is 0. The van der Waals surface area contributed by atoms with Gasteiger partial charge in [0, 0.05) is 10.9 Å². The largest absolute Gasteiger partial charge is 0.384 e. The van der Waals surface area contributed by atoms with Crippen molar-refractivity contribution >= 4 is 32.8 Å². The molecule has 0 saturated heterocycles. The number of rotatable bonds is 3. The lowest BCUT2D eigenvalue weighted by molar-refractivity contribution is -0.118. The number of hydrogen-bond donors (Lipinski definition) is 1. The van der Waals surface area contributed by atoms with Crippen LogP contribution in [0.5, 0.6) is 0 Å². The Bertz CT molecular complexity index is 367. The summed E-state index contributed by atoms with van der Waals surface area (Å²) in [6.07, 6.45) is -0.858. The molecule has 1 N–H and O–H groups in total. The highest BCUT2D eigenvalue weighted by Crippen LogP contribution is 2.23. The maximum atomic E-state index is 10.7. The van der Waals surface area contributed by atoms with Gasteiger partial charge in [-0.05, 0) is 42.1 Å². The summed E-state index contributed by atoms with van der Waals surface area (Å²) >= 11 is 8.64. The van der Waals surface area contributed by atoms with Gasteiger partial charge in [-0.1, -0.05) is 28.1 Å². The van der Waals surface area contributed by atoms with E-state index >= 15 is 0 Å². The summed E-state index contributed by atoms with van der Waals surface area (Å²) in [4.78, 5) is 10.7. The maximum Gasteiger partial charge on any atom is 0.250 e. The van der Waals surface area contributed by atoms with E-state index in [-0.39, 0.29) is 6.42 Å². The van der Waals surface area contributed by atoms with Crippen molar-refractivity contribution in [3.05, 3.63) is 33.3 Å². The average molecular weight is 292 g/mol. The van der Waals surface area contributed by atoms with Crippen molar-refractivity contribution in [1.29, 1.82) is 0 Å². The minimum Gasteiger partial charge on any atom is -0.384 e. The summed E-state index contributed by atoms with van der Waals surface area (Å²) < 4.78 is 1.05. The van der Waals surface area contributed by atoms with Crippen LogP contribution >= 0.6 is 27.5 Å². The first-order valence-corrected chi connectivity index (χ1v) is 5.72. The standard InChI is InChI=1S/C11H12BrClO2/c1-6-3-8(4-7(2)10(6)12)5-9(14)11(13)15/h3-4,9,14H,5H2,1-2H3. The Kier molecular flexibility index (Phi) is 4.32. The van der Waals surface area contributed by atoms with E-state index < -0.39 is 11.3 Å². The number of halogens is 2. The molecule has 1 rings (SSSR count). The van der Waals surface area contributed by atoms with Crippen molar-refractivity contribution in [2.75, 3.05) is 0 Å². The Morgan fingerprint density at radius 1 is 1.47 bits per heavy atom. The Morgan fingerprint density at radius 3 is 2.33 bits per heavy atom. The second-order valence-corrected chi connectivity index (χ2v) is 4.73. The number of benzene rings is 1. The second-order valence-electron chi connectivity index (χ2n) is 3.57. The van der Waals surface area contributed by atoms with Gasteiger partial charge >= 0.3 is 0 Å². The molecule has 0 aliphatic carbocycles. The zero-order chi connectivity index (χ0) is 11.6. The lowest BCUT2D eigenvalue weighted by Crippen LogP contribution is -2.18. The van der Waals surface area contributed by atoms with Gasteiger partial charge in [0.2, 0.25) is 0 Å². The third-order valence-corrected chi connectivity index (χ3v) is 3.69. The second kappa shape index (κ2) is 5.10. The van der Waals surface area contributed by atoms with Crippen molar-refractivity contribution < 1.29 is 9.90 Å². The maximum absolute atomic E-state index is 10.7. The van der Waals surface area contributed by atoms with E-state index in [0.717, 1.165) is 21.2 Å². The Balaban J connectivity index is 2.92. The van der Waals surface area contributed by atoms with Gasteiger partial charge in [0.25, 0.3) is 5.24 Å². The van der Waals surface area contributed by atoms with E-state index in [9.17, 15) is 9.90 Å². The van der Waals surface area contributed by atoms with Crippen LogP contribution in [0.2, 0.25) is 0 Å². The van der Waals surface area contributed by atoms with E-state index in [1.807, 2.05) is 26.0 Å². The van der Waals surface area contributed by atoms with Crippen LogP contribution in [-0.4, -0.2) is 16.5 Å². The monoisotopic (exact) mass is 290 g/mol. The number of aliphatic hydroxyl groups excluding tert-OH is 1. The predicted molar refractivity (Wildman–Crippen MR) is 64.2 cm³/mol. The van der Waals surface area contributed by atoms with E-state index in [2.05, 4.69) is 15.9 Å². The average Bonchev–Trinajstić information content (AvgIpc) is 2.13. The molecule has 1 unspecified atom stereocenters.